The third-order valence-electron chi connectivity index (χ3n) is 3.33. The van der Waals surface area contributed by atoms with E-state index >= 15 is 0 Å². The first-order valence-electron chi connectivity index (χ1n) is 7.34. The van der Waals surface area contributed by atoms with Crippen molar-refractivity contribution in [2.45, 2.75) is 6.92 Å². The molecule has 122 valence electrons. The Morgan fingerprint density at radius 1 is 1.17 bits per heavy atom. The summed E-state index contributed by atoms with van der Waals surface area (Å²) in [5.41, 5.74) is 1.50. The van der Waals surface area contributed by atoms with Gasteiger partial charge in [-0.05, 0) is 49.4 Å². The highest BCUT2D eigenvalue weighted by Gasteiger charge is 2.14. The maximum Gasteiger partial charge on any atom is 0.338 e. The molecule has 3 rings (SSSR count). The van der Waals surface area contributed by atoms with Crippen molar-refractivity contribution in [1.29, 1.82) is 0 Å². The van der Waals surface area contributed by atoms with Gasteiger partial charge in [0.05, 0.1) is 12.2 Å². The molecule has 0 aliphatic rings. The second-order valence-corrected chi connectivity index (χ2v) is 5.96. The average molecular weight is 388 g/mol. The van der Waals surface area contributed by atoms with Crippen molar-refractivity contribution in [3.63, 3.8) is 0 Å². The van der Waals surface area contributed by atoms with Gasteiger partial charge in [-0.25, -0.2) is 4.79 Å². The van der Waals surface area contributed by atoms with Crippen molar-refractivity contribution in [2.75, 3.05) is 11.9 Å². The Morgan fingerprint density at radius 3 is 2.79 bits per heavy atom. The van der Waals surface area contributed by atoms with Gasteiger partial charge in [0.1, 0.15) is 5.58 Å². The van der Waals surface area contributed by atoms with Crippen LogP contribution in [0.4, 0.5) is 5.69 Å². The molecule has 1 N–H and O–H groups in total. The number of furan rings is 1. The van der Waals surface area contributed by atoms with E-state index in [9.17, 15) is 9.59 Å². The van der Waals surface area contributed by atoms with Crippen molar-refractivity contribution in [3.8, 4) is 0 Å². The number of esters is 1. The van der Waals surface area contributed by atoms with Crippen molar-refractivity contribution >= 4 is 44.5 Å². The number of nitrogens with one attached hydrogen (secondary N) is 1. The molecule has 0 unspecified atom stereocenters. The smallest absolute Gasteiger partial charge is 0.338 e. The van der Waals surface area contributed by atoms with Gasteiger partial charge in [0, 0.05) is 15.5 Å². The lowest BCUT2D eigenvalue weighted by Gasteiger charge is -2.06. The molecule has 0 fully saturated rings. The molecule has 2 aromatic carbocycles. The van der Waals surface area contributed by atoms with Crippen LogP contribution in [0.1, 0.15) is 27.8 Å². The van der Waals surface area contributed by atoms with Crippen LogP contribution in [0.25, 0.3) is 11.0 Å². The van der Waals surface area contributed by atoms with Gasteiger partial charge in [-0.3, -0.25) is 4.79 Å². The van der Waals surface area contributed by atoms with Gasteiger partial charge >= 0.3 is 5.97 Å². The molecule has 1 amide bonds. The predicted molar refractivity (Wildman–Crippen MR) is 94.3 cm³/mol. The second kappa shape index (κ2) is 6.88. The van der Waals surface area contributed by atoms with E-state index in [1.165, 1.54) is 0 Å². The number of carbonyl (C=O) groups is 2. The van der Waals surface area contributed by atoms with Gasteiger partial charge in [0.25, 0.3) is 5.91 Å². The van der Waals surface area contributed by atoms with E-state index < -0.39 is 5.97 Å². The van der Waals surface area contributed by atoms with Gasteiger partial charge in [0.15, 0.2) is 5.76 Å². The summed E-state index contributed by atoms with van der Waals surface area (Å²) in [7, 11) is 0. The molecule has 24 heavy (non-hydrogen) atoms. The van der Waals surface area contributed by atoms with Crippen LogP contribution < -0.4 is 5.32 Å². The minimum atomic E-state index is -0.429. The lowest BCUT2D eigenvalue weighted by Crippen LogP contribution is -2.12. The molecule has 0 atom stereocenters. The maximum atomic E-state index is 12.3. The van der Waals surface area contributed by atoms with Gasteiger partial charge in [-0.1, -0.05) is 22.0 Å². The molecular weight excluding hydrogens is 374 g/mol. The number of benzene rings is 2. The lowest BCUT2D eigenvalue weighted by molar-refractivity contribution is 0.0526. The summed E-state index contributed by atoms with van der Waals surface area (Å²) in [6.07, 6.45) is 0. The Balaban J connectivity index is 1.80. The first-order valence-corrected chi connectivity index (χ1v) is 8.14. The van der Waals surface area contributed by atoms with Crippen molar-refractivity contribution in [3.05, 3.63) is 64.3 Å². The molecule has 0 radical (unpaired) electrons. The molecule has 0 saturated heterocycles. The fourth-order valence-corrected chi connectivity index (χ4v) is 2.64. The summed E-state index contributed by atoms with van der Waals surface area (Å²) < 4.78 is 11.4. The van der Waals surface area contributed by atoms with Crippen LogP contribution in [-0.4, -0.2) is 18.5 Å². The van der Waals surface area contributed by atoms with E-state index in [4.69, 9.17) is 9.15 Å². The molecule has 0 aliphatic heterocycles. The molecule has 0 bridgehead atoms. The Bertz CT molecular complexity index is 916. The molecule has 0 spiro atoms. The summed E-state index contributed by atoms with van der Waals surface area (Å²) in [6, 6.07) is 13.7. The molecule has 6 heteroatoms. The Morgan fingerprint density at radius 2 is 2.00 bits per heavy atom. The van der Waals surface area contributed by atoms with Crippen LogP contribution in [0.2, 0.25) is 0 Å². The Kier molecular flexibility index (Phi) is 4.66. The number of hydrogen-bond donors (Lipinski definition) is 1. The van der Waals surface area contributed by atoms with Crippen LogP contribution in [0.5, 0.6) is 0 Å². The van der Waals surface area contributed by atoms with Crippen molar-refractivity contribution < 1.29 is 18.7 Å². The zero-order valence-corrected chi connectivity index (χ0v) is 14.4. The number of fused-ring (bicyclic) bond motifs is 1. The lowest BCUT2D eigenvalue weighted by atomic mass is 10.2. The van der Waals surface area contributed by atoms with Gasteiger partial charge in [0.2, 0.25) is 0 Å². The number of ether oxygens (including phenoxy) is 1. The number of halogens is 1. The first kappa shape index (κ1) is 16.3. The summed E-state index contributed by atoms with van der Waals surface area (Å²) >= 11 is 3.38. The first-order chi connectivity index (χ1) is 11.6. The minimum absolute atomic E-state index is 0.199. The van der Waals surface area contributed by atoms with E-state index in [0.29, 0.717) is 23.4 Å². The van der Waals surface area contributed by atoms with Crippen molar-refractivity contribution in [2.24, 2.45) is 0 Å². The molecule has 1 aromatic heterocycles. The third kappa shape index (κ3) is 3.49. The summed E-state index contributed by atoms with van der Waals surface area (Å²) in [5.74, 6) is -0.616. The Hall–Kier alpha value is -2.60. The monoisotopic (exact) mass is 387 g/mol. The predicted octanol–water partition coefficient (Wildman–Crippen LogP) is 4.62. The summed E-state index contributed by atoms with van der Waals surface area (Å²) in [4.78, 5) is 24.1. The second-order valence-electron chi connectivity index (χ2n) is 5.05. The van der Waals surface area contributed by atoms with E-state index in [1.807, 2.05) is 12.1 Å². The average Bonchev–Trinajstić information content (AvgIpc) is 2.98. The van der Waals surface area contributed by atoms with E-state index in [-0.39, 0.29) is 11.7 Å². The third-order valence-corrected chi connectivity index (χ3v) is 3.83. The number of hydrogen-bond acceptors (Lipinski definition) is 4. The molecule has 0 saturated carbocycles. The normalized spacial score (nSPS) is 10.6. The van der Waals surface area contributed by atoms with Crippen molar-refractivity contribution in [1.82, 2.24) is 0 Å². The van der Waals surface area contributed by atoms with Crippen LogP contribution in [0, 0.1) is 0 Å². The van der Waals surface area contributed by atoms with Gasteiger partial charge in [-0.15, -0.1) is 0 Å². The molecular formula is C18H14BrNO4. The van der Waals surface area contributed by atoms with Gasteiger partial charge in [-0.2, -0.15) is 0 Å². The minimum Gasteiger partial charge on any atom is -0.462 e. The Labute approximate surface area is 146 Å². The summed E-state index contributed by atoms with van der Waals surface area (Å²) in [5, 5.41) is 3.55. The number of amides is 1. The maximum absolute atomic E-state index is 12.3. The standard InChI is InChI=1S/C18H14BrNO4/c1-2-23-18(22)11-4-3-5-14(9-11)20-17(21)16-10-12-8-13(19)6-7-15(12)24-16/h3-10H,2H2,1H3,(H,20,21). The molecule has 1 heterocycles. The number of anilines is 1. The summed E-state index contributed by atoms with van der Waals surface area (Å²) in [6.45, 7) is 2.04. The zero-order chi connectivity index (χ0) is 17.1. The van der Waals surface area contributed by atoms with Crippen LogP contribution in [-0.2, 0) is 4.74 Å². The highest BCUT2D eigenvalue weighted by molar-refractivity contribution is 9.10. The molecule has 0 aliphatic carbocycles. The van der Waals surface area contributed by atoms with Crippen LogP contribution >= 0.6 is 15.9 Å². The van der Waals surface area contributed by atoms with E-state index in [1.54, 1.807) is 43.3 Å². The van der Waals surface area contributed by atoms with E-state index in [0.717, 1.165) is 9.86 Å². The van der Waals surface area contributed by atoms with Crippen LogP contribution in [0.15, 0.2) is 57.4 Å². The highest BCUT2D eigenvalue weighted by atomic mass is 79.9. The highest BCUT2D eigenvalue weighted by Crippen LogP contribution is 2.24. The molecule has 5 nitrogen and oxygen atoms in total. The SMILES string of the molecule is CCOC(=O)c1cccc(NC(=O)c2cc3cc(Br)ccc3o2)c1. The topological polar surface area (TPSA) is 68.5 Å². The van der Waals surface area contributed by atoms with Gasteiger partial charge < -0.3 is 14.5 Å². The fraction of sp³-hybridized carbons (Fsp3) is 0.111. The number of rotatable bonds is 4. The van der Waals surface area contributed by atoms with Crippen LogP contribution in [0.3, 0.4) is 0 Å². The number of carbonyl (C=O) groups excluding carboxylic acids is 2. The van der Waals surface area contributed by atoms with E-state index in [2.05, 4.69) is 21.2 Å². The largest absolute Gasteiger partial charge is 0.462 e. The quantitative estimate of drug-likeness (QED) is 0.662. The fourth-order valence-electron chi connectivity index (χ4n) is 2.26. The molecule has 3 aromatic rings. The zero-order valence-electron chi connectivity index (χ0n) is 12.8.